The molecule has 8 heteroatoms. The number of pyridine rings is 1. The van der Waals surface area contributed by atoms with E-state index < -0.39 is 5.97 Å². The fraction of sp³-hybridized carbons (Fsp3) is 0.524. The lowest BCUT2D eigenvalue weighted by atomic mass is 9.97. The SMILES string of the molecule is COC(=O)c1ccc(N2CCCC(CN3CCN(c4ccccn4)CC3)C2)nn1. The van der Waals surface area contributed by atoms with E-state index in [0.717, 1.165) is 63.9 Å². The summed E-state index contributed by atoms with van der Waals surface area (Å²) in [5, 5.41) is 8.26. The second-order valence-corrected chi connectivity index (χ2v) is 7.70. The number of piperazine rings is 1. The molecule has 2 fully saturated rings. The second-order valence-electron chi connectivity index (χ2n) is 7.70. The van der Waals surface area contributed by atoms with Crippen LogP contribution >= 0.6 is 0 Å². The van der Waals surface area contributed by atoms with E-state index in [-0.39, 0.29) is 5.69 Å². The van der Waals surface area contributed by atoms with Crippen LogP contribution in [0.5, 0.6) is 0 Å². The molecule has 2 aliphatic rings. The highest BCUT2D eigenvalue weighted by molar-refractivity contribution is 5.86. The molecule has 0 radical (unpaired) electrons. The highest BCUT2D eigenvalue weighted by Gasteiger charge is 2.25. The van der Waals surface area contributed by atoms with E-state index in [9.17, 15) is 4.79 Å². The normalized spacial score (nSPS) is 20.5. The third-order valence-corrected chi connectivity index (χ3v) is 5.75. The zero-order valence-electron chi connectivity index (χ0n) is 16.9. The maximum Gasteiger partial charge on any atom is 0.358 e. The lowest BCUT2D eigenvalue weighted by Crippen LogP contribution is -2.50. The smallest absolute Gasteiger partial charge is 0.358 e. The Hall–Kier alpha value is -2.74. The molecule has 154 valence electrons. The minimum atomic E-state index is -0.453. The Bertz CT molecular complexity index is 793. The van der Waals surface area contributed by atoms with Gasteiger partial charge in [0.25, 0.3) is 0 Å². The minimum absolute atomic E-state index is 0.246. The van der Waals surface area contributed by atoms with Crippen molar-refractivity contribution in [3.63, 3.8) is 0 Å². The predicted molar refractivity (Wildman–Crippen MR) is 111 cm³/mol. The molecule has 1 unspecified atom stereocenters. The summed E-state index contributed by atoms with van der Waals surface area (Å²) in [5.74, 6) is 2.07. The zero-order chi connectivity index (χ0) is 20.1. The third-order valence-electron chi connectivity index (χ3n) is 5.75. The molecule has 2 aromatic rings. The van der Waals surface area contributed by atoms with Gasteiger partial charge in [-0.3, -0.25) is 4.90 Å². The number of piperidine rings is 1. The fourth-order valence-corrected chi connectivity index (χ4v) is 4.19. The van der Waals surface area contributed by atoms with E-state index in [1.54, 1.807) is 6.07 Å². The second kappa shape index (κ2) is 9.17. The molecule has 1 atom stereocenters. The number of esters is 1. The van der Waals surface area contributed by atoms with E-state index >= 15 is 0 Å². The molecule has 0 saturated carbocycles. The molecule has 2 saturated heterocycles. The summed E-state index contributed by atoms with van der Waals surface area (Å²) in [6.45, 7) is 7.26. The molecule has 2 aliphatic heterocycles. The zero-order valence-corrected chi connectivity index (χ0v) is 16.9. The summed E-state index contributed by atoms with van der Waals surface area (Å²) < 4.78 is 4.69. The number of aromatic nitrogens is 3. The summed E-state index contributed by atoms with van der Waals surface area (Å²) in [6.07, 6.45) is 4.25. The summed E-state index contributed by atoms with van der Waals surface area (Å²) in [4.78, 5) is 23.2. The molecule has 8 nitrogen and oxygen atoms in total. The van der Waals surface area contributed by atoms with E-state index in [2.05, 4.69) is 35.9 Å². The molecule has 0 bridgehead atoms. The van der Waals surface area contributed by atoms with Gasteiger partial charge in [-0.25, -0.2) is 9.78 Å². The van der Waals surface area contributed by atoms with Crippen molar-refractivity contribution in [1.82, 2.24) is 20.1 Å². The molecule has 0 aliphatic carbocycles. The first kappa shape index (κ1) is 19.6. The Morgan fingerprint density at radius 3 is 2.59 bits per heavy atom. The van der Waals surface area contributed by atoms with Crippen LogP contribution < -0.4 is 9.80 Å². The highest BCUT2D eigenvalue weighted by Crippen LogP contribution is 2.23. The average Bonchev–Trinajstić information content (AvgIpc) is 2.80. The van der Waals surface area contributed by atoms with Gasteiger partial charge in [0.15, 0.2) is 11.5 Å². The van der Waals surface area contributed by atoms with Gasteiger partial charge in [-0.05, 0) is 43.0 Å². The van der Waals surface area contributed by atoms with Crippen LogP contribution in [0.1, 0.15) is 23.3 Å². The van der Waals surface area contributed by atoms with Crippen LogP contribution in [0.2, 0.25) is 0 Å². The largest absolute Gasteiger partial charge is 0.464 e. The fourth-order valence-electron chi connectivity index (χ4n) is 4.19. The summed E-state index contributed by atoms with van der Waals surface area (Å²) in [6, 6.07) is 9.65. The van der Waals surface area contributed by atoms with Crippen LogP contribution in [0.4, 0.5) is 11.6 Å². The molecule has 0 N–H and O–H groups in total. The van der Waals surface area contributed by atoms with Gasteiger partial charge in [-0.15, -0.1) is 10.2 Å². The number of carbonyl (C=O) groups is 1. The molecule has 29 heavy (non-hydrogen) atoms. The molecular weight excluding hydrogens is 368 g/mol. The quantitative estimate of drug-likeness (QED) is 0.707. The Balaban J connectivity index is 1.29. The van der Waals surface area contributed by atoms with E-state index in [1.165, 1.54) is 13.5 Å². The maximum absolute atomic E-state index is 11.5. The van der Waals surface area contributed by atoms with Gasteiger partial charge in [0.1, 0.15) is 5.82 Å². The molecule has 4 rings (SSSR count). The first-order valence-electron chi connectivity index (χ1n) is 10.3. The van der Waals surface area contributed by atoms with Crippen molar-refractivity contribution in [3.05, 3.63) is 42.2 Å². The number of rotatable bonds is 5. The molecule has 0 spiro atoms. The first-order valence-corrected chi connectivity index (χ1v) is 10.3. The van der Waals surface area contributed by atoms with Gasteiger partial charge in [-0.1, -0.05) is 6.07 Å². The van der Waals surface area contributed by atoms with Crippen molar-refractivity contribution in [2.24, 2.45) is 5.92 Å². The van der Waals surface area contributed by atoms with Gasteiger partial charge < -0.3 is 14.5 Å². The van der Waals surface area contributed by atoms with E-state index in [4.69, 9.17) is 4.74 Å². The van der Waals surface area contributed by atoms with Crippen molar-refractivity contribution in [2.45, 2.75) is 12.8 Å². The first-order chi connectivity index (χ1) is 14.2. The Kier molecular flexibility index (Phi) is 6.19. The minimum Gasteiger partial charge on any atom is -0.464 e. The number of methoxy groups -OCH3 is 1. The topological polar surface area (TPSA) is 74.7 Å². The third kappa shape index (κ3) is 4.82. The van der Waals surface area contributed by atoms with Gasteiger partial charge in [0.05, 0.1) is 7.11 Å². The maximum atomic E-state index is 11.5. The highest BCUT2D eigenvalue weighted by atomic mass is 16.5. The van der Waals surface area contributed by atoms with Crippen LogP contribution in [-0.2, 0) is 4.74 Å². The average molecular weight is 396 g/mol. The Labute approximate surface area is 171 Å². The predicted octanol–water partition coefficient (Wildman–Crippen LogP) is 1.70. The van der Waals surface area contributed by atoms with Crippen LogP contribution in [0.15, 0.2) is 36.5 Å². The monoisotopic (exact) mass is 396 g/mol. The summed E-state index contributed by atoms with van der Waals surface area (Å²) in [7, 11) is 1.35. The Morgan fingerprint density at radius 1 is 1.03 bits per heavy atom. The lowest BCUT2D eigenvalue weighted by molar-refractivity contribution is 0.0592. The number of nitrogens with zero attached hydrogens (tertiary/aromatic N) is 6. The van der Waals surface area contributed by atoms with E-state index in [0.29, 0.717) is 5.92 Å². The van der Waals surface area contributed by atoms with Crippen LogP contribution in [0, 0.1) is 5.92 Å². The summed E-state index contributed by atoms with van der Waals surface area (Å²) in [5.41, 5.74) is 0.246. The van der Waals surface area contributed by atoms with Crippen molar-refractivity contribution >= 4 is 17.6 Å². The van der Waals surface area contributed by atoms with Crippen LogP contribution in [0.25, 0.3) is 0 Å². The van der Waals surface area contributed by atoms with Crippen LogP contribution in [-0.4, -0.2) is 79.0 Å². The van der Waals surface area contributed by atoms with Crippen molar-refractivity contribution in [3.8, 4) is 0 Å². The lowest BCUT2D eigenvalue weighted by Gasteiger charge is -2.39. The number of hydrogen-bond acceptors (Lipinski definition) is 8. The van der Waals surface area contributed by atoms with Gasteiger partial charge in [0, 0.05) is 52.0 Å². The van der Waals surface area contributed by atoms with Crippen LogP contribution in [0.3, 0.4) is 0 Å². The molecule has 0 aromatic carbocycles. The molecule has 4 heterocycles. The number of anilines is 2. The standard InChI is InChI=1S/C21H28N6O2/c1-29-21(28)18-7-8-20(24-23-18)27-10-4-5-17(16-27)15-25-11-13-26(14-12-25)19-6-2-3-9-22-19/h2-3,6-9,17H,4-5,10-16H2,1H3. The molecule has 2 aromatic heterocycles. The molecule has 0 amide bonds. The van der Waals surface area contributed by atoms with Gasteiger partial charge >= 0.3 is 5.97 Å². The van der Waals surface area contributed by atoms with E-state index in [1.807, 2.05) is 24.4 Å². The van der Waals surface area contributed by atoms with Crippen molar-refractivity contribution in [1.29, 1.82) is 0 Å². The Morgan fingerprint density at radius 2 is 1.90 bits per heavy atom. The van der Waals surface area contributed by atoms with Gasteiger partial charge in [-0.2, -0.15) is 0 Å². The van der Waals surface area contributed by atoms with Crippen molar-refractivity contribution in [2.75, 3.05) is 62.7 Å². The number of ether oxygens (including phenoxy) is 1. The molecular formula is C21H28N6O2. The van der Waals surface area contributed by atoms with Crippen molar-refractivity contribution < 1.29 is 9.53 Å². The number of hydrogen-bond donors (Lipinski definition) is 0. The summed E-state index contributed by atoms with van der Waals surface area (Å²) >= 11 is 0. The number of carbonyl (C=O) groups excluding carboxylic acids is 1. The van der Waals surface area contributed by atoms with Gasteiger partial charge in [0.2, 0.25) is 0 Å².